The van der Waals surface area contributed by atoms with Crippen LogP contribution in [0.5, 0.6) is 5.75 Å². The topological polar surface area (TPSA) is 51.5 Å². The molecule has 0 saturated carbocycles. The first kappa shape index (κ1) is 17.8. The van der Waals surface area contributed by atoms with Crippen LogP contribution < -0.4 is 15.2 Å². The third kappa shape index (κ3) is 3.15. The standard InChI is InChI=1S/C22H26N2O3/c1-3-27-19-14-20(25)23-11-5-4-8-18(23)21(19)22(26)24-12-6-7-16-13-15(2)9-10-17(16)24/h9-10,13-14H,3-8,11-12H2,1-2H3. The number of pyridine rings is 1. The molecule has 2 aromatic rings. The van der Waals surface area contributed by atoms with E-state index in [9.17, 15) is 9.59 Å². The van der Waals surface area contributed by atoms with E-state index < -0.39 is 0 Å². The molecule has 27 heavy (non-hydrogen) atoms. The summed E-state index contributed by atoms with van der Waals surface area (Å²) in [6.45, 7) is 5.76. The molecule has 0 radical (unpaired) electrons. The number of carbonyl (C=O) groups excluding carboxylic acids is 1. The number of aromatic nitrogens is 1. The summed E-state index contributed by atoms with van der Waals surface area (Å²) < 4.78 is 7.51. The van der Waals surface area contributed by atoms with Gasteiger partial charge in [0.2, 0.25) is 0 Å². The molecule has 0 bridgehead atoms. The second-order valence-electron chi connectivity index (χ2n) is 7.40. The largest absolute Gasteiger partial charge is 0.493 e. The fourth-order valence-corrected chi connectivity index (χ4v) is 4.31. The maximum absolute atomic E-state index is 13.7. The average molecular weight is 366 g/mol. The molecular formula is C22H26N2O3. The third-order valence-corrected chi connectivity index (χ3v) is 5.54. The lowest BCUT2D eigenvalue weighted by molar-refractivity contribution is 0.0978. The van der Waals surface area contributed by atoms with E-state index in [0.29, 0.717) is 31.0 Å². The SMILES string of the molecule is CCOc1cc(=O)n2c(c1C(=O)N1CCCc3cc(C)ccc31)CCCC2. The molecule has 3 heterocycles. The molecule has 4 rings (SSSR count). The molecule has 1 aromatic heterocycles. The molecule has 5 heteroatoms. The van der Waals surface area contributed by atoms with E-state index in [1.165, 1.54) is 17.2 Å². The fourth-order valence-electron chi connectivity index (χ4n) is 4.31. The van der Waals surface area contributed by atoms with E-state index in [4.69, 9.17) is 4.74 Å². The maximum Gasteiger partial charge on any atom is 0.263 e. The van der Waals surface area contributed by atoms with Crippen molar-refractivity contribution in [1.29, 1.82) is 0 Å². The third-order valence-electron chi connectivity index (χ3n) is 5.54. The molecule has 2 aliphatic rings. The molecule has 0 N–H and O–H groups in total. The van der Waals surface area contributed by atoms with Crippen molar-refractivity contribution in [3.8, 4) is 5.75 Å². The highest BCUT2D eigenvalue weighted by atomic mass is 16.5. The zero-order valence-corrected chi connectivity index (χ0v) is 16.1. The van der Waals surface area contributed by atoms with Crippen LogP contribution in [0.15, 0.2) is 29.1 Å². The Labute approximate surface area is 159 Å². The van der Waals surface area contributed by atoms with Crippen molar-refractivity contribution in [2.45, 2.75) is 52.5 Å². The van der Waals surface area contributed by atoms with Gasteiger partial charge in [0.25, 0.3) is 11.5 Å². The van der Waals surface area contributed by atoms with Crippen LogP contribution in [0.1, 0.15) is 53.4 Å². The molecule has 0 saturated heterocycles. The van der Waals surface area contributed by atoms with Gasteiger partial charge >= 0.3 is 0 Å². The van der Waals surface area contributed by atoms with Gasteiger partial charge in [0, 0.05) is 30.5 Å². The number of fused-ring (bicyclic) bond motifs is 2. The molecule has 142 valence electrons. The van der Waals surface area contributed by atoms with E-state index in [-0.39, 0.29) is 11.5 Å². The number of benzene rings is 1. The van der Waals surface area contributed by atoms with Crippen LogP contribution in [0.25, 0.3) is 0 Å². The Morgan fingerprint density at radius 1 is 1.11 bits per heavy atom. The van der Waals surface area contributed by atoms with Crippen molar-refractivity contribution in [2.24, 2.45) is 0 Å². The van der Waals surface area contributed by atoms with Crippen LogP contribution in [0.4, 0.5) is 5.69 Å². The summed E-state index contributed by atoms with van der Waals surface area (Å²) in [4.78, 5) is 28.0. The Hall–Kier alpha value is -2.56. The maximum atomic E-state index is 13.7. The number of anilines is 1. The fraction of sp³-hybridized carbons (Fsp3) is 0.455. The lowest BCUT2D eigenvalue weighted by atomic mass is 9.97. The van der Waals surface area contributed by atoms with E-state index in [0.717, 1.165) is 43.5 Å². The van der Waals surface area contributed by atoms with Gasteiger partial charge in [-0.3, -0.25) is 9.59 Å². The summed E-state index contributed by atoms with van der Waals surface area (Å²) in [5.41, 5.74) is 4.75. The predicted molar refractivity (Wildman–Crippen MR) is 106 cm³/mol. The Kier molecular flexibility index (Phi) is 4.77. The Morgan fingerprint density at radius 2 is 1.96 bits per heavy atom. The summed E-state index contributed by atoms with van der Waals surface area (Å²) in [5.74, 6) is 0.383. The van der Waals surface area contributed by atoms with Crippen molar-refractivity contribution in [2.75, 3.05) is 18.1 Å². The molecule has 5 nitrogen and oxygen atoms in total. The number of ether oxygens (including phenoxy) is 1. The summed E-state index contributed by atoms with van der Waals surface area (Å²) in [5, 5.41) is 0. The van der Waals surface area contributed by atoms with E-state index in [1.54, 1.807) is 4.57 Å². The van der Waals surface area contributed by atoms with Gasteiger partial charge in [0.15, 0.2) is 0 Å². The molecule has 1 amide bonds. The Balaban J connectivity index is 1.84. The number of aryl methyl sites for hydroxylation is 2. The minimum atomic E-state index is -0.0700. The van der Waals surface area contributed by atoms with Gasteiger partial charge in [-0.15, -0.1) is 0 Å². The van der Waals surface area contributed by atoms with E-state index in [2.05, 4.69) is 19.1 Å². The van der Waals surface area contributed by atoms with Crippen molar-refractivity contribution in [3.05, 3.63) is 57.0 Å². The predicted octanol–water partition coefficient (Wildman–Crippen LogP) is 3.48. The van der Waals surface area contributed by atoms with E-state index in [1.807, 2.05) is 17.9 Å². The van der Waals surface area contributed by atoms with Crippen molar-refractivity contribution >= 4 is 11.6 Å². The Bertz CT molecular complexity index is 945. The summed E-state index contributed by atoms with van der Waals surface area (Å²) >= 11 is 0. The van der Waals surface area contributed by atoms with Gasteiger partial charge in [-0.25, -0.2) is 0 Å². The number of hydrogen-bond acceptors (Lipinski definition) is 3. The van der Waals surface area contributed by atoms with Gasteiger partial charge in [0.1, 0.15) is 11.3 Å². The molecular weight excluding hydrogens is 340 g/mol. The number of carbonyl (C=O) groups is 1. The van der Waals surface area contributed by atoms with Crippen LogP contribution in [0.3, 0.4) is 0 Å². The number of rotatable bonds is 3. The van der Waals surface area contributed by atoms with Crippen molar-refractivity contribution in [3.63, 3.8) is 0 Å². The second-order valence-corrected chi connectivity index (χ2v) is 7.40. The smallest absolute Gasteiger partial charge is 0.263 e. The Morgan fingerprint density at radius 3 is 2.78 bits per heavy atom. The normalized spacial score (nSPS) is 15.9. The van der Waals surface area contributed by atoms with Crippen LogP contribution in [0, 0.1) is 6.92 Å². The van der Waals surface area contributed by atoms with Crippen LogP contribution in [-0.4, -0.2) is 23.6 Å². The molecule has 0 atom stereocenters. The first-order valence-corrected chi connectivity index (χ1v) is 9.91. The summed E-state index contributed by atoms with van der Waals surface area (Å²) in [6.07, 6.45) is 4.64. The number of amides is 1. The molecule has 0 fully saturated rings. The van der Waals surface area contributed by atoms with Gasteiger partial charge < -0.3 is 14.2 Å². The molecule has 0 unspecified atom stereocenters. The molecule has 0 aliphatic carbocycles. The molecule has 1 aromatic carbocycles. The summed E-state index contributed by atoms with van der Waals surface area (Å²) in [7, 11) is 0. The van der Waals surface area contributed by atoms with Gasteiger partial charge in [-0.2, -0.15) is 0 Å². The van der Waals surface area contributed by atoms with Gasteiger partial charge in [0.05, 0.1) is 6.61 Å². The lowest BCUT2D eigenvalue weighted by Gasteiger charge is -2.32. The zero-order chi connectivity index (χ0) is 19.0. The molecule has 0 spiro atoms. The lowest BCUT2D eigenvalue weighted by Crippen LogP contribution is -2.38. The monoisotopic (exact) mass is 366 g/mol. The quantitative estimate of drug-likeness (QED) is 0.836. The van der Waals surface area contributed by atoms with Crippen molar-refractivity contribution in [1.82, 2.24) is 4.57 Å². The van der Waals surface area contributed by atoms with Gasteiger partial charge in [-0.1, -0.05) is 17.7 Å². The van der Waals surface area contributed by atoms with Crippen LogP contribution in [0.2, 0.25) is 0 Å². The van der Waals surface area contributed by atoms with Crippen LogP contribution in [-0.2, 0) is 19.4 Å². The number of nitrogens with zero attached hydrogens (tertiary/aromatic N) is 2. The second kappa shape index (κ2) is 7.22. The summed E-state index contributed by atoms with van der Waals surface area (Å²) in [6, 6.07) is 7.76. The molecule has 2 aliphatic heterocycles. The van der Waals surface area contributed by atoms with Crippen molar-refractivity contribution < 1.29 is 9.53 Å². The number of hydrogen-bond donors (Lipinski definition) is 0. The zero-order valence-electron chi connectivity index (χ0n) is 16.1. The highest BCUT2D eigenvalue weighted by Crippen LogP contribution is 2.33. The van der Waals surface area contributed by atoms with Gasteiger partial charge in [-0.05, 0) is 57.6 Å². The minimum Gasteiger partial charge on any atom is -0.493 e. The minimum absolute atomic E-state index is 0.0473. The van der Waals surface area contributed by atoms with Crippen LogP contribution >= 0.6 is 0 Å². The highest BCUT2D eigenvalue weighted by molar-refractivity contribution is 6.09. The van der Waals surface area contributed by atoms with E-state index >= 15 is 0 Å². The average Bonchev–Trinajstić information content (AvgIpc) is 2.67. The first-order valence-electron chi connectivity index (χ1n) is 9.91. The highest BCUT2D eigenvalue weighted by Gasteiger charge is 2.30. The first-order chi connectivity index (χ1) is 13.1.